The third kappa shape index (κ3) is 5.39. The standard InChI is InChI=1S/C25H32FN5O5/c1-14-11-15(7-8-16(14)26)12-27-21(33)18-19(32)22(34)31-13-25(2,3)10-9-17(20(31)28-18)30(6)24(36)23(35)29(4)5/h7-8,11,17,32H,9-10,12-13H2,1-6H3,(H,27,33). The van der Waals surface area contributed by atoms with E-state index in [9.17, 15) is 28.7 Å². The zero-order valence-electron chi connectivity index (χ0n) is 21.4. The maximum absolute atomic E-state index is 13.5. The van der Waals surface area contributed by atoms with Gasteiger partial charge in [0.05, 0.1) is 6.04 Å². The van der Waals surface area contributed by atoms with Crippen molar-refractivity contribution >= 4 is 17.7 Å². The van der Waals surface area contributed by atoms with Crippen molar-refractivity contribution < 1.29 is 23.9 Å². The number of likely N-dealkylation sites (N-methyl/N-ethyl adjacent to an activating group) is 2. The van der Waals surface area contributed by atoms with Crippen LogP contribution < -0.4 is 10.9 Å². The van der Waals surface area contributed by atoms with E-state index in [0.29, 0.717) is 24.0 Å². The van der Waals surface area contributed by atoms with Crippen LogP contribution in [-0.4, -0.2) is 63.3 Å². The summed E-state index contributed by atoms with van der Waals surface area (Å²) in [5, 5.41) is 13.2. The summed E-state index contributed by atoms with van der Waals surface area (Å²) in [6.07, 6.45) is 0.990. The van der Waals surface area contributed by atoms with E-state index in [-0.39, 0.29) is 30.1 Å². The number of hydrogen-bond donors (Lipinski definition) is 2. The summed E-state index contributed by atoms with van der Waals surface area (Å²) in [5.41, 5.74) is -0.616. The van der Waals surface area contributed by atoms with Gasteiger partial charge in [0, 0.05) is 34.2 Å². The van der Waals surface area contributed by atoms with Crippen LogP contribution in [0.2, 0.25) is 0 Å². The fourth-order valence-corrected chi connectivity index (χ4v) is 4.22. The van der Waals surface area contributed by atoms with E-state index in [0.717, 1.165) is 4.90 Å². The molecule has 2 N–H and O–H groups in total. The topological polar surface area (TPSA) is 125 Å². The van der Waals surface area contributed by atoms with Gasteiger partial charge in [-0.1, -0.05) is 26.0 Å². The van der Waals surface area contributed by atoms with E-state index in [2.05, 4.69) is 10.3 Å². The molecule has 3 rings (SSSR count). The third-order valence-corrected chi connectivity index (χ3v) is 6.42. The Morgan fingerprint density at radius 3 is 2.50 bits per heavy atom. The number of fused-ring (bicyclic) bond motifs is 1. The Labute approximate surface area is 208 Å². The molecule has 2 aromatic rings. The number of nitrogens with zero attached hydrogens (tertiary/aromatic N) is 4. The summed E-state index contributed by atoms with van der Waals surface area (Å²) in [6.45, 7) is 5.72. The molecule has 3 amide bonds. The predicted octanol–water partition coefficient (Wildman–Crippen LogP) is 1.73. The average Bonchev–Trinajstić information content (AvgIpc) is 2.95. The molecule has 0 aliphatic carbocycles. The largest absolute Gasteiger partial charge is 0.501 e. The lowest BCUT2D eigenvalue weighted by Crippen LogP contribution is -2.43. The highest BCUT2D eigenvalue weighted by Crippen LogP contribution is 2.36. The Morgan fingerprint density at radius 1 is 1.22 bits per heavy atom. The minimum absolute atomic E-state index is 0.0195. The van der Waals surface area contributed by atoms with Crippen LogP contribution in [0.3, 0.4) is 0 Å². The molecule has 1 atom stereocenters. The Bertz CT molecular complexity index is 1270. The SMILES string of the molecule is Cc1cc(CNC(=O)c2nc3n(c(=O)c2O)CC(C)(C)CCC3N(C)C(=O)C(=O)N(C)C)ccc1F. The first kappa shape index (κ1) is 26.8. The molecule has 0 saturated heterocycles. The first-order valence-electron chi connectivity index (χ1n) is 11.6. The summed E-state index contributed by atoms with van der Waals surface area (Å²) < 4.78 is 14.8. The van der Waals surface area contributed by atoms with Gasteiger partial charge in [0.1, 0.15) is 11.6 Å². The fraction of sp³-hybridized carbons (Fsp3) is 0.480. The molecule has 0 bridgehead atoms. The van der Waals surface area contributed by atoms with Crippen molar-refractivity contribution in [3.63, 3.8) is 0 Å². The van der Waals surface area contributed by atoms with Crippen molar-refractivity contribution in [3.05, 3.63) is 57.0 Å². The van der Waals surface area contributed by atoms with Gasteiger partial charge in [-0.15, -0.1) is 0 Å². The second-order valence-electron chi connectivity index (χ2n) is 10.2. The number of aryl methyl sites for hydroxylation is 1. The molecular formula is C25H32FN5O5. The number of aromatic nitrogens is 2. The lowest BCUT2D eigenvalue weighted by Gasteiger charge is -2.28. The van der Waals surface area contributed by atoms with E-state index in [1.165, 1.54) is 42.7 Å². The predicted molar refractivity (Wildman–Crippen MR) is 130 cm³/mol. The number of halogens is 1. The number of rotatable bonds is 4. The molecule has 36 heavy (non-hydrogen) atoms. The first-order valence-corrected chi connectivity index (χ1v) is 11.6. The van der Waals surface area contributed by atoms with Crippen molar-refractivity contribution in [2.75, 3.05) is 21.1 Å². The van der Waals surface area contributed by atoms with Crippen molar-refractivity contribution in [1.82, 2.24) is 24.7 Å². The second-order valence-corrected chi connectivity index (χ2v) is 10.2. The van der Waals surface area contributed by atoms with Crippen molar-refractivity contribution in [3.8, 4) is 5.75 Å². The Balaban J connectivity index is 2.02. The molecule has 1 aliphatic rings. The van der Waals surface area contributed by atoms with Gasteiger partial charge < -0.3 is 20.2 Å². The normalized spacial score (nSPS) is 16.5. The summed E-state index contributed by atoms with van der Waals surface area (Å²) in [6, 6.07) is 3.61. The Morgan fingerprint density at radius 2 is 1.89 bits per heavy atom. The van der Waals surface area contributed by atoms with Gasteiger partial charge in [0.15, 0.2) is 5.69 Å². The minimum atomic E-state index is -0.804. The lowest BCUT2D eigenvalue weighted by atomic mass is 9.87. The molecule has 1 unspecified atom stereocenters. The maximum atomic E-state index is 13.5. The quantitative estimate of drug-likeness (QED) is 0.615. The zero-order chi connectivity index (χ0) is 26.9. The van der Waals surface area contributed by atoms with E-state index in [1.807, 2.05) is 13.8 Å². The van der Waals surface area contributed by atoms with Crippen LogP contribution in [-0.2, 0) is 22.7 Å². The van der Waals surface area contributed by atoms with E-state index < -0.39 is 40.8 Å². The van der Waals surface area contributed by atoms with Crippen molar-refractivity contribution in [2.24, 2.45) is 5.41 Å². The van der Waals surface area contributed by atoms with Crippen LogP contribution in [0.1, 0.15) is 60.2 Å². The van der Waals surface area contributed by atoms with Crippen LogP contribution >= 0.6 is 0 Å². The number of nitrogens with one attached hydrogen (secondary N) is 1. The van der Waals surface area contributed by atoms with Crippen LogP contribution in [0.4, 0.5) is 4.39 Å². The molecule has 1 aliphatic heterocycles. The number of hydrogen-bond acceptors (Lipinski definition) is 6. The van der Waals surface area contributed by atoms with Crippen LogP contribution in [0, 0.1) is 18.2 Å². The maximum Gasteiger partial charge on any atom is 0.312 e. The monoisotopic (exact) mass is 501 g/mol. The summed E-state index contributed by atoms with van der Waals surface area (Å²) >= 11 is 0. The summed E-state index contributed by atoms with van der Waals surface area (Å²) in [5.74, 6) is -3.37. The molecule has 2 heterocycles. The molecular weight excluding hydrogens is 469 g/mol. The highest BCUT2D eigenvalue weighted by molar-refractivity contribution is 6.34. The first-order chi connectivity index (χ1) is 16.7. The molecule has 1 aromatic carbocycles. The summed E-state index contributed by atoms with van der Waals surface area (Å²) in [4.78, 5) is 58.0. The van der Waals surface area contributed by atoms with E-state index in [1.54, 1.807) is 13.0 Å². The smallest absolute Gasteiger partial charge is 0.312 e. The lowest BCUT2D eigenvalue weighted by molar-refractivity contribution is -0.151. The van der Waals surface area contributed by atoms with Gasteiger partial charge in [0.2, 0.25) is 5.75 Å². The van der Waals surface area contributed by atoms with Gasteiger partial charge in [-0.25, -0.2) is 9.37 Å². The number of amides is 3. The van der Waals surface area contributed by atoms with E-state index in [4.69, 9.17) is 0 Å². The number of carbonyl (C=O) groups is 3. The Hall–Kier alpha value is -3.76. The molecule has 194 valence electrons. The summed E-state index contributed by atoms with van der Waals surface area (Å²) in [7, 11) is 4.38. The number of aromatic hydroxyl groups is 1. The van der Waals surface area contributed by atoms with Gasteiger partial charge >= 0.3 is 11.8 Å². The number of carbonyl (C=O) groups excluding carboxylic acids is 3. The van der Waals surface area contributed by atoms with Crippen LogP contribution in [0.25, 0.3) is 0 Å². The number of benzene rings is 1. The van der Waals surface area contributed by atoms with Crippen molar-refractivity contribution in [1.29, 1.82) is 0 Å². The molecule has 11 heteroatoms. The van der Waals surface area contributed by atoms with Gasteiger partial charge in [-0.05, 0) is 42.4 Å². The molecule has 1 aromatic heterocycles. The average molecular weight is 502 g/mol. The van der Waals surface area contributed by atoms with E-state index >= 15 is 0 Å². The molecule has 0 fully saturated rings. The minimum Gasteiger partial charge on any atom is -0.501 e. The fourth-order valence-electron chi connectivity index (χ4n) is 4.22. The highest BCUT2D eigenvalue weighted by atomic mass is 19.1. The van der Waals surface area contributed by atoms with Crippen LogP contribution in [0.5, 0.6) is 5.75 Å². The van der Waals surface area contributed by atoms with Crippen molar-refractivity contribution in [2.45, 2.75) is 52.7 Å². The van der Waals surface area contributed by atoms with Crippen LogP contribution in [0.15, 0.2) is 23.0 Å². The highest BCUT2D eigenvalue weighted by Gasteiger charge is 2.37. The molecule has 0 spiro atoms. The molecule has 0 saturated carbocycles. The van der Waals surface area contributed by atoms with Gasteiger partial charge in [0.25, 0.3) is 11.5 Å². The zero-order valence-corrected chi connectivity index (χ0v) is 21.4. The Kier molecular flexibility index (Phi) is 7.51. The van der Waals surface area contributed by atoms with Gasteiger partial charge in [-0.3, -0.25) is 23.7 Å². The van der Waals surface area contributed by atoms with Gasteiger partial charge in [-0.2, -0.15) is 0 Å². The second kappa shape index (κ2) is 10.1. The third-order valence-electron chi connectivity index (χ3n) is 6.42. The molecule has 0 radical (unpaired) electrons. The molecule has 10 nitrogen and oxygen atoms in total.